The summed E-state index contributed by atoms with van der Waals surface area (Å²) in [4.78, 5) is 77.4. The fourth-order valence-electron chi connectivity index (χ4n) is 8.45. The molecule has 3 N–H and O–H groups in total. The zero-order valence-corrected chi connectivity index (χ0v) is 39.6. The minimum absolute atomic E-state index is 0.0101. The Kier molecular flexibility index (Phi) is 22.2. The van der Waals surface area contributed by atoms with Crippen molar-refractivity contribution < 1.29 is 33.4 Å². The highest BCUT2D eigenvalue weighted by molar-refractivity contribution is 5.91. The van der Waals surface area contributed by atoms with E-state index in [4.69, 9.17) is 9.47 Å². The maximum Gasteiger partial charge on any atom is 0.245 e. The third kappa shape index (κ3) is 14.8. The van der Waals surface area contributed by atoms with E-state index in [2.05, 4.69) is 16.0 Å². The highest BCUT2D eigenvalue weighted by atomic mass is 16.5. The number of hydrogen-bond donors (Lipinski definition) is 3. The van der Waals surface area contributed by atoms with E-state index in [1.54, 1.807) is 38.0 Å². The molecule has 1 heterocycles. The van der Waals surface area contributed by atoms with Crippen LogP contribution in [0.1, 0.15) is 93.6 Å². The monoisotopic (exact) mass is 844 g/mol. The summed E-state index contributed by atoms with van der Waals surface area (Å²) in [5, 5.41) is 9.06. The summed E-state index contributed by atoms with van der Waals surface area (Å²) in [5.41, 5.74) is 0.920. The highest BCUT2D eigenvalue weighted by Crippen LogP contribution is 2.30. The Labute approximate surface area is 362 Å². The SMILES string of the molecule is CC[C@H](C)[C@@H]([C@@H](CC(=O)N1CCC[C@H]1[C@H](OC)[C@@H](C)C(=O)N[C@@H](Cc1ccccc1)C(=O)NCCN(C)C)OC)N(C)C(=O)[C@@H](NC(=O)C(C(C)C)N(C)C(C)C)C(C)C. The van der Waals surface area contributed by atoms with Crippen LogP contribution in [0.3, 0.4) is 0 Å². The van der Waals surface area contributed by atoms with Crippen molar-refractivity contribution in [3.8, 4) is 0 Å². The summed E-state index contributed by atoms with van der Waals surface area (Å²) in [6.45, 7) is 19.4. The third-order valence-electron chi connectivity index (χ3n) is 12.4. The molecule has 14 heteroatoms. The van der Waals surface area contributed by atoms with Crippen LogP contribution in [-0.2, 0) is 39.9 Å². The molecule has 0 saturated carbocycles. The second-order valence-electron chi connectivity index (χ2n) is 18.1. The van der Waals surface area contributed by atoms with E-state index in [-0.39, 0.29) is 65.8 Å². The Bertz CT molecular complexity index is 1490. The van der Waals surface area contributed by atoms with Crippen LogP contribution in [0.2, 0.25) is 0 Å². The predicted octanol–water partition coefficient (Wildman–Crippen LogP) is 3.82. The Morgan fingerprint density at radius 3 is 1.98 bits per heavy atom. The smallest absolute Gasteiger partial charge is 0.245 e. The number of methoxy groups -OCH3 is 2. The van der Waals surface area contributed by atoms with Crippen LogP contribution < -0.4 is 16.0 Å². The number of carbonyl (C=O) groups is 5. The number of ether oxygens (including phenoxy) is 2. The van der Waals surface area contributed by atoms with Crippen molar-refractivity contribution in [3.05, 3.63) is 35.9 Å². The van der Waals surface area contributed by atoms with Gasteiger partial charge in [0.25, 0.3) is 0 Å². The van der Waals surface area contributed by atoms with Gasteiger partial charge in [0.2, 0.25) is 29.5 Å². The molecule has 14 nitrogen and oxygen atoms in total. The van der Waals surface area contributed by atoms with Gasteiger partial charge in [-0.3, -0.25) is 28.9 Å². The van der Waals surface area contributed by atoms with Crippen molar-refractivity contribution in [2.45, 2.75) is 143 Å². The largest absolute Gasteiger partial charge is 0.379 e. The van der Waals surface area contributed by atoms with E-state index in [1.165, 1.54) is 0 Å². The van der Waals surface area contributed by atoms with Gasteiger partial charge in [-0.1, -0.05) is 85.2 Å². The first-order chi connectivity index (χ1) is 28.2. The van der Waals surface area contributed by atoms with Gasteiger partial charge < -0.3 is 40.1 Å². The van der Waals surface area contributed by atoms with Crippen LogP contribution >= 0.6 is 0 Å². The molecule has 0 aromatic heterocycles. The maximum absolute atomic E-state index is 14.4. The van der Waals surface area contributed by atoms with E-state index < -0.39 is 42.3 Å². The molecule has 0 bridgehead atoms. The van der Waals surface area contributed by atoms with E-state index in [9.17, 15) is 24.0 Å². The predicted molar refractivity (Wildman–Crippen MR) is 238 cm³/mol. The molecule has 1 aromatic carbocycles. The van der Waals surface area contributed by atoms with Crippen molar-refractivity contribution in [3.63, 3.8) is 0 Å². The molecule has 9 atom stereocenters. The van der Waals surface area contributed by atoms with Gasteiger partial charge in [-0.05, 0) is 71.1 Å². The lowest BCUT2D eigenvalue weighted by Gasteiger charge is -2.41. The lowest BCUT2D eigenvalue weighted by molar-refractivity contribution is -0.148. The number of amides is 5. The Balaban J connectivity index is 2.31. The zero-order chi connectivity index (χ0) is 45.4. The molecular weight excluding hydrogens is 763 g/mol. The molecule has 1 aromatic rings. The van der Waals surface area contributed by atoms with Crippen LogP contribution in [0.15, 0.2) is 30.3 Å². The van der Waals surface area contributed by atoms with E-state index in [0.717, 1.165) is 18.4 Å². The first-order valence-electron chi connectivity index (χ1n) is 22.1. The van der Waals surface area contributed by atoms with Crippen LogP contribution in [0.25, 0.3) is 0 Å². The Morgan fingerprint density at radius 1 is 0.833 bits per heavy atom. The second kappa shape index (κ2) is 25.4. The molecule has 60 heavy (non-hydrogen) atoms. The molecule has 342 valence electrons. The van der Waals surface area contributed by atoms with E-state index in [0.29, 0.717) is 32.5 Å². The number of carbonyl (C=O) groups excluding carboxylic acids is 5. The summed E-state index contributed by atoms with van der Waals surface area (Å²) < 4.78 is 12.1. The Morgan fingerprint density at radius 2 is 1.47 bits per heavy atom. The van der Waals surface area contributed by atoms with Gasteiger partial charge in [0.15, 0.2) is 0 Å². The Hall–Kier alpha value is -3.59. The van der Waals surface area contributed by atoms with Gasteiger partial charge in [-0.25, -0.2) is 0 Å². The number of nitrogens with one attached hydrogen (secondary N) is 3. The summed E-state index contributed by atoms with van der Waals surface area (Å²) in [6, 6.07) is 6.86. The maximum atomic E-state index is 14.4. The topological polar surface area (TPSA) is 153 Å². The first-order valence-corrected chi connectivity index (χ1v) is 22.1. The fourth-order valence-corrected chi connectivity index (χ4v) is 8.45. The average molecular weight is 844 g/mol. The number of nitrogens with zero attached hydrogens (tertiary/aromatic N) is 4. The number of likely N-dealkylation sites (tertiary alicyclic amines) is 1. The van der Waals surface area contributed by atoms with Crippen molar-refractivity contribution in [2.75, 3.05) is 62.0 Å². The fraction of sp³-hybridized carbons (Fsp3) is 0.761. The number of likely N-dealkylation sites (N-methyl/N-ethyl adjacent to an activating group) is 3. The lowest BCUT2D eigenvalue weighted by Crippen LogP contribution is -2.60. The molecule has 1 aliphatic rings. The summed E-state index contributed by atoms with van der Waals surface area (Å²) in [6.07, 6.45) is 1.16. The summed E-state index contributed by atoms with van der Waals surface area (Å²) >= 11 is 0. The summed E-state index contributed by atoms with van der Waals surface area (Å²) in [7, 11) is 10.6. The normalized spacial score (nSPS) is 18.5. The molecule has 1 aliphatic heterocycles. The van der Waals surface area contributed by atoms with Gasteiger partial charge in [0.05, 0.1) is 42.7 Å². The van der Waals surface area contributed by atoms with Gasteiger partial charge >= 0.3 is 0 Å². The van der Waals surface area contributed by atoms with Crippen molar-refractivity contribution in [1.82, 2.24) is 35.6 Å². The minimum Gasteiger partial charge on any atom is -0.379 e. The van der Waals surface area contributed by atoms with Crippen molar-refractivity contribution >= 4 is 29.5 Å². The third-order valence-corrected chi connectivity index (χ3v) is 12.4. The molecule has 1 fully saturated rings. The average Bonchev–Trinajstić information content (AvgIpc) is 3.68. The van der Waals surface area contributed by atoms with E-state index in [1.807, 2.05) is 117 Å². The van der Waals surface area contributed by atoms with Gasteiger partial charge in [0.1, 0.15) is 12.1 Å². The molecule has 2 rings (SSSR count). The quantitative estimate of drug-likeness (QED) is 0.134. The molecular formula is C46H81N7O7. The molecule has 1 unspecified atom stereocenters. The second-order valence-corrected chi connectivity index (χ2v) is 18.1. The van der Waals surface area contributed by atoms with Crippen LogP contribution in [0.5, 0.6) is 0 Å². The van der Waals surface area contributed by atoms with Crippen LogP contribution in [-0.4, -0.2) is 160 Å². The summed E-state index contributed by atoms with van der Waals surface area (Å²) in [5.74, 6) is -2.06. The standard InChI is InChI=1S/C46H81N7O7/c1-16-32(8)41(52(13)46(58)39(29(2)3)49-45(57)40(30(4)5)51(12)31(6)7)37(59-14)28-38(54)53-25-20-23-36(53)42(60-15)33(9)43(55)48-35(27-34-21-18-17-19-22-34)44(56)47-24-26-50(10)11/h17-19,21-22,29-33,35-37,39-42H,16,20,23-28H2,1-15H3,(H,47,56)(H,48,55)(H,49,57)/t32-,33+,35-,36-,37+,39-,40?,41-,42+/m0/s1. The van der Waals surface area contributed by atoms with Gasteiger partial charge in [-0.2, -0.15) is 0 Å². The van der Waals surface area contributed by atoms with Crippen LogP contribution in [0.4, 0.5) is 0 Å². The lowest BCUT2D eigenvalue weighted by atomic mass is 9.89. The van der Waals surface area contributed by atoms with Crippen molar-refractivity contribution in [2.24, 2.45) is 23.7 Å². The minimum atomic E-state index is -0.801. The molecule has 0 spiro atoms. The van der Waals surface area contributed by atoms with Gasteiger partial charge in [0, 0.05) is 53.4 Å². The van der Waals surface area contributed by atoms with Gasteiger partial charge in [-0.15, -0.1) is 0 Å². The first kappa shape index (κ1) is 52.5. The zero-order valence-electron chi connectivity index (χ0n) is 39.6. The molecule has 0 radical (unpaired) electrons. The number of rotatable bonds is 25. The van der Waals surface area contributed by atoms with Crippen LogP contribution in [0, 0.1) is 23.7 Å². The molecule has 5 amide bonds. The van der Waals surface area contributed by atoms with E-state index >= 15 is 0 Å². The number of benzene rings is 1. The number of hydrogen-bond acceptors (Lipinski definition) is 9. The molecule has 0 aliphatic carbocycles. The van der Waals surface area contributed by atoms with Crippen molar-refractivity contribution in [1.29, 1.82) is 0 Å². The molecule has 1 saturated heterocycles. The highest BCUT2D eigenvalue weighted by Gasteiger charge is 2.43.